The molecule has 94 valence electrons. The number of fused-ring (bicyclic) bond motifs is 1. The molecule has 18 heavy (non-hydrogen) atoms. The highest BCUT2D eigenvalue weighted by atomic mass is 14.7. The minimum atomic E-state index is 0.165. The zero-order chi connectivity index (χ0) is 12.4. The highest BCUT2D eigenvalue weighted by Gasteiger charge is 2.23. The van der Waals surface area contributed by atoms with Gasteiger partial charge in [-0.05, 0) is 36.5 Å². The summed E-state index contributed by atoms with van der Waals surface area (Å²) in [5, 5.41) is 1.22. The number of nitrogens with two attached hydrogens (primary N) is 1. The van der Waals surface area contributed by atoms with Crippen molar-refractivity contribution in [2.24, 2.45) is 11.7 Å². The van der Waals surface area contributed by atoms with Crippen LogP contribution in [0.15, 0.2) is 36.5 Å². The zero-order valence-electron chi connectivity index (χ0n) is 10.7. The third-order valence-corrected chi connectivity index (χ3v) is 4.20. The molecule has 0 amide bonds. The molecule has 2 nitrogen and oxygen atoms in total. The Kier molecular flexibility index (Phi) is 3.28. The summed E-state index contributed by atoms with van der Waals surface area (Å²) in [6, 6.07) is 10.6. The molecule has 3 rings (SSSR count). The molecule has 1 atom stereocenters. The molecule has 0 radical (unpaired) electrons. The molecule has 1 aromatic carbocycles. The number of aromatic nitrogens is 1. The van der Waals surface area contributed by atoms with Crippen LogP contribution < -0.4 is 5.73 Å². The SMILES string of the molecule is NC(c1ccnc2ccccc12)C1CCCCC1. The molecular formula is C16H20N2. The molecule has 1 saturated carbocycles. The van der Waals surface area contributed by atoms with Gasteiger partial charge in [0, 0.05) is 17.6 Å². The quantitative estimate of drug-likeness (QED) is 0.866. The van der Waals surface area contributed by atoms with Gasteiger partial charge in [0.05, 0.1) is 5.52 Å². The summed E-state index contributed by atoms with van der Waals surface area (Å²) in [4.78, 5) is 4.41. The van der Waals surface area contributed by atoms with Gasteiger partial charge >= 0.3 is 0 Å². The van der Waals surface area contributed by atoms with E-state index >= 15 is 0 Å². The van der Waals surface area contributed by atoms with Gasteiger partial charge in [-0.15, -0.1) is 0 Å². The topological polar surface area (TPSA) is 38.9 Å². The van der Waals surface area contributed by atoms with E-state index in [1.165, 1.54) is 43.1 Å². The van der Waals surface area contributed by atoms with E-state index in [0.717, 1.165) is 5.52 Å². The van der Waals surface area contributed by atoms with Crippen LogP contribution in [0, 0.1) is 5.92 Å². The fourth-order valence-electron chi connectivity index (χ4n) is 3.16. The standard InChI is InChI=1S/C16H20N2/c17-16(12-6-2-1-3-7-12)14-10-11-18-15-9-5-4-8-13(14)15/h4-5,8-12,16H,1-3,6-7,17H2. The molecule has 1 fully saturated rings. The van der Waals surface area contributed by atoms with Crippen LogP contribution in [0.4, 0.5) is 0 Å². The van der Waals surface area contributed by atoms with Gasteiger partial charge in [0.25, 0.3) is 0 Å². The van der Waals surface area contributed by atoms with Crippen molar-refractivity contribution in [2.75, 3.05) is 0 Å². The molecule has 0 spiro atoms. The van der Waals surface area contributed by atoms with Gasteiger partial charge < -0.3 is 5.73 Å². The highest BCUT2D eigenvalue weighted by Crippen LogP contribution is 2.35. The molecule has 1 heterocycles. The molecule has 1 aliphatic carbocycles. The molecule has 0 aliphatic heterocycles. The van der Waals surface area contributed by atoms with E-state index in [1.807, 2.05) is 12.3 Å². The monoisotopic (exact) mass is 240 g/mol. The first kappa shape index (κ1) is 11.7. The van der Waals surface area contributed by atoms with Crippen LogP contribution in [0.2, 0.25) is 0 Å². The Morgan fingerprint density at radius 1 is 1.06 bits per heavy atom. The Hall–Kier alpha value is -1.41. The molecule has 1 unspecified atom stereocenters. The number of benzene rings is 1. The molecular weight excluding hydrogens is 220 g/mol. The third-order valence-electron chi connectivity index (χ3n) is 4.20. The van der Waals surface area contributed by atoms with Crippen molar-refractivity contribution in [3.8, 4) is 0 Å². The number of rotatable bonds is 2. The van der Waals surface area contributed by atoms with Gasteiger partial charge in [0.2, 0.25) is 0 Å². The molecule has 2 heteroatoms. The molecule has 2 N–H and O–H groups in total. The van der Waals surface area contributed by atoms with Crippen molar-refractivity contribution in [2.45, 2.75) is 38.1 Å². The summed E-state index contributed by atoms with van der Waals surface area (Å²) >= 11 is 0. The number of nitrogens with zero attached hydrogens (tertiary/aromatic N) is 1. The summed E-state index contributed by atoms with van der Waals surface area (Å²) in [5.41, 5.74) is 8.84. The van der Waals surface area contributed by atoms with Crippen LogP contribution >= 0.6 is 0 Å². The van der Waals surface area contributed by atoms with Crippen LogP contribution in [0.3, 0.4) is 0 Å². The lowest BCUT2D eigenvalue weighted by Crippen LogP contribution is -2.23. The fourth-order valence-corrected chi connectivity index (χ4v) is 3.16. The van der Waals surface area contributed by atoms with Gasteiger partial charge in [-0.2, -0.15) is 0 Å². The van der Waals surface area contributed by atoms with E-state index in [0.29, 0.717) is 5.92 Å². The van der Waals surface area contributed by atoms with Crippen LogP contribution in [-0.2, 0) is 0 Å². The smallest absolute Gasteiger partial charge is 0.0705 e. The van der Waals surface area contributed by atoms with Crippen molar-refractivity contribution in [1.82, 2.24) is 4.98 Å². The van der Waals surface area contributed by atoms with Crippen LogP contribution in [0.25, 0.3) is 10.9 Å². The van der Waals surface area contributed by atoms with Gasteiger partial charge in [0.15, 0.2) is 0 Å². The van der Waals surface area contributed by atoms with Crippen molar-refractivity contribution >= 4 is 10.9 Å². The predicted octanol–water partition coefficient (Wildman–Crippen LogP) is 3.81. The summed E-state index contributed by atoms with van der Waals surface area (Å²) in [7, 11) is 0. The average molecular weight is 240 g/mol. The Labute approximate surface area is 108 Å². The summed E-state index contributed by atoms with van der Waals surface area (Å²) in [5.74, 6) is 0.643. The van der Waals surface area contributed by atoms with Crippen molar-refractivity contribution in [3.63, 3.8) is 0 Å². The van der Waals surface area contributed by atoms with E-state index in [4.69, 9.17) is 5.73 Å². The average Bonchev–Trinajstić information content (AvgIpc) is 2.47. The van der Waals surface area contributed by atoms with Crippen molar-refractivity contribution < 1.29 is 0 Å². The number of para-hydroxylation sites is 1. The molecule has 1 aliphatic rings. The van der Waals surface area contributed by atoms with Crippen molar-refractivity contribution in [1.29, 1.82) is 0 Å². The second-order valence-corrected chi connectivity index (χ2v) is 5.34. The first-order valence-electron chi connectivity index (χ1n) is 6.95. The summed E-state index contributed by atoms with van der Waals surface area (Å²) in [6.45, 7) is 0. The maximum absolute atomic E-state index is 6.51. The normalized spacial score (nSPS) is 18.9. The van der Waals surface area contributed by atoms with Gasteiger partial charge in [0.1, 0.15) is 0 Å². The van der Waals surface area contributed by atoms with E-state index in [2.05, 4.69) is 29.2 Å². The summed E-state index contributed by atoms with van der Waals surface area (Å²) in [6.07, 6.45) is 8.49. The second-order valence-electron chi connectivity index (χ2n) is 5.34. The van der Waals surface area contributed by atoms with E-state index in [1.54, 1.807) is 0 Å². The van der Waals surface area contributed by atoms with Crippen LogP contribution in [-0.4, -0.2) is 4.98 Å². The number of hydrogen-bond donors (Lipinski definition) is 1. The lowest BCUT2D eigenvalue weighted by molar-refractivity contribution is 0.309. The zero-order valence-corrected chi connectivity index (χ0v) is 10.7. The third kappa shape index (κ3) is 2.13. The predicted molar refractivity (Wildman–Crippen MR) is 75.2 cm³/mol. The van der Waals surface area contributed by atoms with Crippen LogP contribution in [0.5, 0.6) is 0 Å². The minimum absolute atomic E-state index is 0.165. The lowest BCUT2D eigenvalue weighted by Gasteiger charge is -2.28. The van der Waals surface area contributed by atoms with E-state index < -0.39 is 0 Å². The Morgan fingerprint density at radius 3 is 2.67 bits per heavy atom. The maximum atomic E-state index is 6.51. The summed E-state index contributed by atoms with van der Waals surface area (Å²) < 4.78 is 0. The van der Waals surface area contributed by atoms with Gasteiger partial charge in [-0.3, -0.25) is 4.98 Å². The second kappa shape index (κ2) is 5.07. The molecule has 2 aromatic rings. The number of hydrogen-bond acceptors (Lipinski definition) is 2. The maximum Gasteiger partial charge on any atom is 0.0705 e. The minimum Gasteiger partial charge on any atom is -0.324 e. The van der Waals surface area contributed by atoms with Crippen molar-refractivity contribution in [3.05, 3.63) is 42.1 Å². The fraction of sp³-hybridized carbons (Fsp3) is 0.438. The molecule has 1 aromatic heterocycles. The van der Waals surface area contributed by atoms with E-state index in [-0.39, 0.29) is 6.04 Å². The Balaban J connectivity index is 1.97. The molecule has 0 bridgehead atoms. The first-order valence-corrected chi connectivity index (χ1v) is 6.95. The van der Waals surface area contributed by atoms with Crippen LogP contribution in [0.1, 0.15) is 43.7 Å². The largest absolute Gasteiger partial charge is 0.324 e. The van der Waals surface area contributed by atoms with Gasteiger partial charge in [-0.1, -0.05) is 37.5 Å². The van der Waals surface area contributed by atoms with E-state index in [9.17, 15) is 0 Å². The first-order chi connectivity index (χ1) is 8.86. The molecule has 0 saturated heterocycles. The Morgan fingerprint density at radius 2 is 1.83 bits per heavy atom. The Bertz CT molecular complexity index is 524. The highest BCUT2D eigenvalue weighted by molar-refractivity contribution is 5.82. The number of pyridine rings is 1. The lowest BCUT2D eigenvalue weighted by atomic mass is 9.81. The van der Waals surface area contributed by atoms with Gasteiger partial charge in [-0.25, -0.2) is 0 Å².